The molecule has 1 aliphatic rings. The third kappa shape index (κ3) is 4.01. The van der Waals surface area contributed by atoms with Gasteiger partial charge in [-0.3, -0.25) is 14.5 Å². The van der Waals surface area contributed by atoms with E-state index in [1.165, 1.54) is 0 Å². The average Bonchev–Trinajstić information content (AvgIpc) is 3.14. The molecule has 120 valence electrons. The Labute approximate surface area is 138 Å². The molecule has 0 aliphatic carbocycles. The summed E-state index contributed by atoms with van der Waals surface area (Å²) in [7, 11) is 0. The van der Waals surface area contributed by atoms with Crippen LogP contribution in [-0.4, -0.2) is 34.7 Å². The minimum atomic E-state index is -0.160. The summed E-state index contributed by atoms with van der Waals surface area (Å²) in [6, 6.07) is 5.29. The fraction of sp³-hybridized carbons (Fsp3) is 0.267. The number of nitrogens with zero attached hydrogens (tertiary/aromatic N) is 3. The van der Waals surface area contributed by atoms with E-state index < -0.39 is 0 Å². The van der Waals surface area contributed by atoms with Gasteiger partial charge in [0.2, 0.25) is 5.91 Å². The molecule has 0 radical (unpaired) electrons. The number of hydrogen-bond donors (Lipinski definition) is 3. The molecule has 3 N–H and O–H groups in total. The summed E-state index contributed by atoms with van der Waals surface area (Å²) in [6.45, 7) is 3.66. The lowest BCUT2D eigenvalue weighted by molar-refractivity contribution is -0.116. The Morgan fingerprint density at radius 3 is 3.00 bits per heavy atom. The summed E-state index contributed by atoms with van der Waals surface area (Å²) < 4.78 is 1.59. The van der Waals surface area contributed by atoms with E-state index in [0.29, 0.717) is 16.7 Å². The van der Waals surface area contributed by atoms with Crippen molar-refractivity contribution in [2.24, 2.45) is 4.99 Å². The van der Waals surface area contributed by atoms with Gasteiger partial charge in [-0.05, 0) is 30.7 Å². The maximum atomic E-state index is 12.0. The molecule has 0 saturated carbocycles. The first-order valence-corrected chi connectivity index (χ1v) is 7.62. The van der Waals surface area contributed by atoms with Gasteiger partial charge in [-0.15, -0.1) is 0 Å². The summed E-state index contributed by atoms with van der Waals surface area (Å²) in [5.41, 5.74) is 2.39. The number of aromatic nitrogens is 2. The van der Waals surface area contributed by atoms with Crippen LogP contribution in [-0.2, 0) is 11.3 Å². The van der Waals surface area contributed by atoms with Crippen molar-refractivity contribution in [2.75, 3.05) is 23.7 Å². The number of carbonyl (C=O) groups is 1. The molecule has 1 aromatic heterocycles. The zero-order valence-corrected chi connectivity index (χ0v) is 13.4. The topological polar surface area (TPSA) is 83.3 Å². The van der Waals surface area contributed by atoms with Crippen LogP contribution in [0.15, 0.2) is 35.6 Å². The van der Waals surface area contributed by atoms with Crippen molar-refractivity contribution >= 4 is 34.8 Å². The first-order valence-electron chi connectivity index (χ1n) is 7.24. The molecule has 0 atom stereocenters. The maximum Gasteiger partial charge on any atom is 0.246 e. The van der Waals surface area contributed by atoms with E-state index in [0.717, 1.165) is 24.3 Å². The van der Waals surface area contributed by atoms with Crippen molar-refractivity contribution in [1.82, 2.24) is 15.1 Å². The van der Waals surface area contributed by atoms with E-state index in [1.54, 1.807) is 29.1 Å². The number of amides is 1. The SMILES string of the molecule is Cc1cnn(CC(=O)Nc2ccc(NC3=NCCN3)c(Cl)c2)c1. The monoisotopic (exact) mass is 332 g/mol. The molecule has 2 aromatic rings. The van der Waals surface area contributed by atoms with Crippen LogP contribution >= 0.6 is 11.6 Å². The number of hydrogen-bond acceptors (Lipinski definition) is 5. The van der Waals surface area contributed by atoms with Gasteiger partial charge in [-0.1, -0.05) is 11.6 Å². The highest BCUT2D eigenvalue weighted by molar-refractivity contribution is 6.34. The number of benzene rings is 1. The van der Waals surface area contributed by atoms with Gasteiger partial charge in [-0.25, -0.2) is 0 Å². The van der Waals surface area contributed by atoms with Crippen LogP contribution in [0, 0.1) is 6.92 Å². The number of carbonyl (C=O) groups excluding carboxylic acids is 1. The maximum absolute atomic E-state index is 12.0. The number of halogens is 1. The van der Waals surface area contributed by atoms with Gasteiger partial charge in [0, 0.05) is 18.4 Å². The lowest BCUT2D eigenvalue weighted by Crippen LogP contribution is -2.26. The van der Waals surface area contributed by atoms with Gasteiger partial charge in [-0.2, -0.15) is 5.10 Å². The first-order chi connectivity index (χ1) is 11.1. The van der Waals surface area contributed by atoms with Crippen molar-refractivity contribution < 1.29 is 4.79 Å². The average molecular weight is 333 g/mol. The molecule has 0 unspecified atom stereocenters. The number of nitrogens with one attached hydrogen (secondary N) is 3. The number of aryl methyl sites for hydroxylation is 1. The Hall–Kier alpha value is -2.54. The molecule has 23 heavy (non-hydrogen) atoms. The third-order valence-electron chi connectivity index (χ3n) is 3.25. The molecule has 2 heterocycles. The number of aliphatic imine (C=N–C) groups is 1. The molecule has 0 fully saturated rings. The summed E-state index contributed by atoms with van der Waals surface area (Å²) in [5, 5.41) is 13.6. The Morgan fingerprint density at radius 1 is 1.48 bits per heavy atom. The minimum Gasteiger partial charge on any atom is -0.354 e. The van der Waals surface area contributed by atoms with E-state index in [2.05, 4.69) is 26.0 Å². The molecular formula is C15H17ClN6O. The van der Waals surface area contributed by atoms with E-state index in [9.17, 15) is 4.79 Å². The van der Waals surface area contributed by atoms with E-state index >= 15 is 0 Å². The van der Waals surface area contributed by atoms with Crippen LogP contribution in [0.5, 0.6) is 0 Å². The Kier molecular flexibility index (Phi) is 4.47. The molecule has 0 saturated heterocycles. The van der Waals surface area contributed by atoms with Crippen LogP contribution in [0.25, 0.3) is 0 Å². The Balaban J connectivity index is 1.61. The van der Waals surface area contributed by atoms with Crippen LogP contribution in [0.2, 0.25) is 5.02 Å². The molecular weight excluding hydrogens is 316 g/mol. The quantitative estimate of drug-likeness (QED) is 0.798. The predicted molar refractivity (Wildman–Crippen MR) is 91.0 cm³/mol. The fourth-order valence-electron chi connectivity index (χ4n) is 2.20. The van der Waals surface area contributed by atoms with Gasteiger partial charge in [0.1, 0.15) is 6.54 Å². The van der Waals surface area contributed by atoms with Crippen molar-refractivity contribution in [2.45, 2.75) is 13.5 Å². The molecule has 1 aliphatic heterocycles. The first kappa shape index (κ1) is 15.4. The minimum absolute atomic E-state index is 0.159. The molecule has 1 amide bonds. The molecule has 8 heteroatoms. The summed E-state index contributed by atoms with van der Waals surface area (Å²) in [5.74, 6) is 0.546. The second-order valence-corrected chi connectivity index (χ2v) is 5.65. The summed E-state index contributed by atoms with van der Waals surface area (Å²) in [6.07, 6.45) is 3.53. The van der Waals surface area contributed by atoms with E-state index in [4.69, 9.17) is 11.6 Å². The van der Waals surface area contributed by atoms with Crippen molar-refractivity contribution in [3.63, 3.8) is 0 Å². The van der Waals surface area contributed by atoms with Gasteiger partial charge >= 0.3 is 0 Å². The fourth-order valence-corrected chi connectivity index (χ4v) is 2.43. The standard InChI is InChI=1S/C15H17ClN6O/c1-10-7-19-22(8-10)9-14(23)20-11-2-3-13(12(16)6-11)21-15-17-4-5-18-15/h2-3,6-8H,4-5,9H2,1H3,(H,20,23)(H2,17,18,21). The van der Waals surface area contributed by atoms with Gasteiger partial charge in [0.05, 0.1) is 23.5 Å². The Morgan fingerprint density at radius 2 is 2.35 bits per heavy atom. The molecule has 0 spiro atoms. The zero-order valence-electron chi connectivity index (χ0n) is 12.6. The summed E-state index contributed by atoms with van der Waals surface area (Å²) >= 11 is 6.24. The van der Waals surface area contributed by atoms with Crippen LogP contribution in [0.4, 0.5) is 11.4 Å². The molecule has 0 bridgehead atoms. The highest BCUT2D eigenvalue weighted by Gasteiger charge is 2.10. The molecule has 7 nitrogen and oxygen atoms in total. The lowest BCUT2D eigenvalue weighted by atomic mass is 10.2. The zero-order chi connectivity index (χ0) is 16.2. The van der Waals surface area contributed by atoms with Gasteiger partial charge < -0.3 is 16.0 Å². The number of guanidine groups is 1. The molecule has 1 aromatic carbocycles. The second kappa shape index (κ2) is 6.70. The predicted octanol–water partition coefficient (Wildman–Crippen LogP) is 1.85. The van der Waals surface area contributed by atoms with Gasteiger partial charge in [0.25, 0.3) is 0 Å². The molecule has 3 rings (SSSR count). The van der Waals surface area contributed by atoms with E-state index in [1.807, 2.05) is 13.1 Å². The highest BCUT2D eigenvalue weighted by Crippen LogP contribution is 2.25. The van der Waals surface area contributed by atoms with Gasteiger partial charge in [0.15, 0.2) is 5.96 Å². The van der Waals surface area contributed by atoms with Crippen LogP contribution in [0.3, 0.4) is 0 Å². The highest BCUT2D eigenvalue weighted by atomic mass is 35.5. The summed E-state index contributed by atoms with van der Waals surface area (Å²) in [4.78, 5) is 16.3. The van der Waals surface area contributed by atoms with Crippen molar-refractivity contribution in [1.29, 1.82) is 0 Å². The van der Waals surface area contributed by atoms with Crippen molar-refractivity contribution in [3.8, 4) is 0 Å². The number of anilines is 2. The number of rotatable bonds is 4. The van der Waals surface area contributed by atoms with Crippen LogP contribution < -0.4 is 16.0 Å². The normalized spacial score (nSPS) is 13.4. The van der Waals surface area contributed by atoms with Crippen LogP contribution in [0.1, 0.15) is 5.56 Å². The van der Waals surface area contributed by atoms with E-state index in [-0.39, 0.29) is 12.5 Å². The second-order valence-electron chi connectivity index (χ2n) is 5.24. The van der Waals surface area contributed by atoms with Crippen molar-refractivity contribution in [3.05, 3.63) is 41.2 Å². The lowest BCUT2D eigenvalue weighted by Gasteiger charge is -2.11. The third-order valence-corrected chi connectivity index (χ3v) is 3.56. The largest absolute Gasteiger partial charge is 0.354 e. The Bertz CT molecular complexity index is 754. The smallest absolute Gasteiger partial charge is 0.246 e.